The number of nitrogens with zero attached hydrogens (tertiary/aromatic N) is 1. The van der Waals surface area contributed by atoms with Gasteiger partial charge in [-0.3, -0.25) is 4.90 Å². The standard InChI is InChI=1S/C17H30N2S/c1-13-11-16(3,4)8-9-17(13,12-18)19(5)14(2)15-7-6-10-20-15/h6-7,10,13-14H,8-9,11-12,18H2,1-5H3. The second-order valence-corrected chi connectivity index (χ2v) is 8.36. The van der Waals surface area contributed by atoms with E-state index in [4.69, 9.17) is 5.73 Å². The summed E-state index contributed by atoms with van der Waals surface area (Å²) in [5, 5.41) is 2.17. The van der Waals surface area contributed by atoms with Gasteiger partial charge in [-0.15, -0.1) is 11.3 Å². The van der Waals surface area contributed by atoms with Crippen molar-refractivity contribution < 1.29 is 0 Å². The van der Waals surface area contributed by atoms with E-state index in [0.717, 1.165) is 6.54 Å². The van der Waals surface area contributed by atoms with Gasteiger partial charge < -0.3 is 5.73 Å². The first-order valence-corrected chi connectivity index (χ1v) is 8.67. The SMILES string of the molecule is CC(c1cccs1)N(C)C1(CN)CCC(C)(C)CC1C. The first kappa shape index (κ1) is 16.0. The second kappa shape index (κ2) is 5.78. The maximum Gasteiger partial charge on any atom is 0.0416 e. The maximum absolute atomic E-state index is 6.27. The largest absolute Gasteiger partial charge is 0.329 e. The van der Waals surface area contributed by atoms with Gasteiger partial charge in [0.1, 0.15) is 0 Å². The Hall–Kier alpha value is -0.380. The Labute approximate surface area is 128 Å². The molecule has 1 aliphatic carbocycles. The van der Waals surface area contributed by atoms with Gasteiger partial charge in [-0.25, -0.2) is 0 Å². The van der Waals surface area contributed by atoms with Crippen molar-refractivity contribution in [3.8, 4) is 0 Å². The van der Waals surface area contributed by atoms with E-state index in [1.165, 1.54) is 24.1 Å². The fourth-order valence-corrected chi connectivity index (χ4v) is 4.83. The minimum Gasteiger partial charge on any atom is -0.329 e. The number of likely N-dealkylation sites (N-methyl/N-ethyl adjacent to an activating group) is 1. The molecule has 20 heavy (non-hydrogen) atoms. The highest BCUT2D eigenvalue weighted by molar-refractivity contribution is 7.10. The number of nitrogens with two attached hydrogens (primary N) is 1. The number of hydrogen-bond acceptors (Lipinski definition) is 3. The van der Waals surface area contributed by atoms with E-state index in [1.54, 1.807) is 0 Å². The van der Waals surface area contributed by atoms with Crippen molar-refractivity contribution >= 4 is 11.3 Å². The molecule has 3 heteroatoms. The van der Waals surface area contributed by atoms with Crippen molar-refractivity contribution in [3.05, 3.63) is 22.4 Å². The summed E-state index contributed by atoms with van der Waals surface area (Å²) in [6, 6.07) is 4.84. The quantitative estimate of drug-likeness (QED) is 0.898. The minimum absolute atomic E-state index is 0.152. The Kier molecular flexibility index (Phi) is 4.63. The second-order valence-electron chi connectivity index (χ2n) is 7.38. The summed E-state index contributed by atoms with van der Waals surface area (Å²) in [7, 11) is 2.27. The van der Waals surface area contributed by atoms with Crippen molar-refractivity contribution in [1.29, 1.82) is 0 Å². The third-order valence-corrected chi connectivity index (χ3v) is 6.65. The number of hydrogen-bond donors (Lipinski definition) is 1. The van der Waals surface area contributed by atoms with Gasteiger partial charge in [0.15, 0.2) is 0 Å². The van der Waals surface area contributed by atoms with Crippen molar-refractivity contribution in [2.75, 3.05) is 13.6 Å². The fraction of sp³-hybridized carbons (Fsp3) is 0.765. The van der Waals surface area contributed by atoms with Crippen molar-refractivity contribution in [1.82, 2.24) is 4.90 Å². The van der Waals surface area contributed by atoms with E-state index in [-0.39, 0.29) is 5.54 Å². The molecule has 0 aliphatic heterocycles. The fourth-order valence-electron chi connectivity index (χ4n) is 4.00. The molecular weight excluding hydrogens is 264 g/mol. The zero-order chi connectivity index (χ0) is 15.0. The summed E-state index contributed by atoms with van der Waals surface area (Å²) in [6.07, 6.45) is 3.76. The molecule has 114 valence electrons. The highest BCUT2D eigenvalue weighted by Crippen LogP contribution is 2.47. The molecule has 3 unspecified atom stereocenters. The molecule has 1 fully saturated rings. The van der Waals surface area contributed by atoms with Crippen LogP contribution < -0.4 is 5.73 Å². The van der Waals surface area contributed by atoms with E-state index in [1.807, 2.05) is 11.3 Å². The average molecular weight is 295 g/mol. The Balaban J connectivity index is 2.22. The van der Waals surface area contributed by atoms with Gasteiger partial charge >= 0.3 is 0 Å². The molecule has 1 aliphatic rings. The molecule has 3 atom stereocenters. The molecule has 1 aromatic heterocycles. The highest BCUT2D eigenvalue weighted by atomic mass is 32.1. The third kappa shape index (κ3) is 2.81. The van der Waals surface area contributed by atoms with Crippen LogP contribution >= 0.6 is 11.3 Å². The maximum atomic E-state index is 6.27. The van der Waals surface area contributed by atoms with Gasteiger partial charge in [0.25, 0.3) is 0 Å². The van der Waals surface area contributed by atoms with Crippen LogP contribution in [-0.2, 0) is 0 Å². The topological polar surface area (TPSA) is 29.3 Å². The molecule has 0 bridgehead atoms. The Bertz CT molecular complexity index is 426. The lowest BCUT2D eigenvalue weighted by Crippen LogP contribution is -2.60. The number of thiophene rings is 1. The summed E-state index contributed by atoms with van der Waals surface area (Å²) in [4.78, 5) is 4.00. The summed E-state index contributed by atoms with van der Waals surface area (Å²) in [5.41, 5.74) is 6.89. The van der Waals surface area contributed by atoms with Gasteiger partial charge in [0.2, 0.25) is 0 Å². The summed E-state index contributed by atoms with van der Waals surface area (Å²) < 4.78 is 0. The summed E-state index contributed by atoms with van der Waals surface area (Å²) in [6.45, 7) is 10.3. The lowest BCUT2D eigenvalue weighted by atomic mass is 9.63. The molecule has 2 N–H and O–H groups in total. The average Bonchev–Trinajstić information content (AvgIpc) is 2.91. The van der Waals surface area contributed by atoms with Crippen LogP contribution in [0.15, 0.2) is 17.5 Å². The summed E-state index contributed by atoms with van der Waals surface area (Å²) in [5.74, 6) is 0.642. The van der Waals surface area contributed by atoms with Crippen molar-refractivity contribution in [2.24, 2.45) is 17.1 Å². The number of rotatable bonds is 4. The van der Waals surface area contributed by atoms with Gasteiger partial charge in [-0.05, 0) is 56.0 Å². The smallest absolute Gasteiger partial charge is 0.0416 e. The molecule has 1 saturated carbocycles. The van der Waals surface area contributed by atoms with Crippen LogP contribution in [0.2, 0.25) is 0 Å². The van der Waals surface area contributed by atoms with Gasteiger partial charge in [-0.2, -0.15) is 0 Å². The van der Waals surface area contributed by atoms with E-state index in [0.29, 0.717) is 17.4 Å². The Morgan fingerprint density at radius 2 is 2.15 bits per heavy atom. The molecule has 0 spiro atoms. The molecule has 2 nitrogen and oxygen atoms in total. The zero-order valence-electron chi connectivity index (χ0n) is 13.6. The van der Waals surface area contributed by atoms with E-state index in [9.17, 15) is 0 Å². The molecule has 1 heterocycles. The van der Waals surface area contributed by atoms with E-state index in [2.05, 4.69) is 57.2 Å². The van der Waals surface area contributed by atoms with Crippen LogP contribution in [-0.4, -0.2) is 24.0 Å². The predicted octanol–water partition coefficient (Wildman–Crippen LogP) is 4.28. The van der Waals surface area contributed by atoms with Crippen molar-refractivity contribution in [3.63, 3.8) is 0 Å². The van der Waals surface area contributed by atoms with Crippen molar-refractivity contribution in [2.45, 2.75) is 58.5 Å². The van der Waals surface area contributed by atoms with Crippen LogP contribution in [0.4, 0.5) is 0 Å². The molecule has 2 rings (SSSR count). The van der Waals surface area contributed by atoms with Crippen LogP contribution in [0.25, 0.3) is 0 Å². The predicted molar refractivity (Wildman–Crippen MR) is 89.1 cm³/mol. The van der Waals surface area contributed by atoms with Crippen LogP contribution in [0.5, 0.6) is 0 Å². The lowest BCUT2D eigenvalue weighted by molar-refractivity contribution is -0.0267. The molecular formula is C17H30N2S. The molecule has 0 amide bonds. The Morgan fingerprint density at radius 3 is 2.65 bits per heavy atom. The molecule has 0 saturated heterocycles. The zero-order valence-corrected chi connectivity index (χ0v) is 14.5. The lowest BCUT2D eigenvalue weighted by Gasteiger charge is -2.54. The first-order chi connectivity index (χ1) is 9.32. The van der Waals surface area contributed by atoms with Gasteiger partial charge in [0, 0.05) is 23.0 Å². The monoisotopic (exact) mass is 294 g/mol. The summed E-state index contributed by atoms with van der Waals surface area (Å²) >= 11 is 1.85. The highest BCUT2D eigenvalue weighted by Gasteiger charge is 2.46. The van der Waals surface area contributed by atoms with Gasteiger partial charge in [-0.1, -0.05) is 26.8 Å². The normalized spacial score (nSPS) is 31.4. The minimum atomic E-state index is 0.152. The molecule has 0 radical (unpaired) electrons. The molecule has 1 aromatic rings. The van der Waals surface area contributed by atoms with Crippen LogP contribution in [0, 0.1) is 11.3 Å². The Morgan fingerprint density at radius 1 is 1.45 bits per heavy atom. The molecule has 0 aromatic carbocycles. The van der Waals surface area contributed by atoms with E-state index >= 15 is 0 Å². The van der Waals surface area contributed by atoms with Crippen LogP contribution in [0.1, 0.15) is 57.9 Å². The van der Waals surface area contributed by atoms with E-state index < -0.39 is 0 Å². The van der Waals surface area contributed by atoms with Gasteiger partial charge in [0.05, 0.1) is 0 Å². The van der Waals surface area contributed by atoms with Crippen LogP contribution in [0.3, 0.4) is 0 Å². The first-order valence-electron chi connectivity index (χ1n) is 7.79. The third-order valence-electron chi connectivity index (χ3n) is 5.60.